The number of amides is 1. The molecule has 34 heavy (non-hydrogen) atoms. The van der Waals surface area contributed by atoms with E-state index in [4.69, 9.17) is 0 Å². The highest BCUT2D eigenvalue weighted by Gasteiger charge is 2.27. The summed E-state index contributed by atoms with van der Waals surface area (Å²) in [7, 11) is -3.97. The van der Waals surface area contributed by atoms with Crippen molar-refractivity contribution in [3.8, 4) is 11.1 Å². The molecule has 0 fully saturated rings. The summed E-state index contributed by atoms with van der Waals surface area (Å²) in [6.45, 7) is 3.76. The third kappa shape index (κ3) is 6.76. The Bertz CT molecular complexity index is 1220. The van der Waals surface area contributed by atoms with Crippen LogP contribution < -0.4 is 10.0 Å². The highest BCUT2D eigenvalue weighted by atomic mass is 32.2. The molecule has 7 nitrogen and oxygen atoms in total. The molecule has 0 unspecified atom stereocenters. The molecule has 3 N–H and O–H groups in total. The summed E-state index contributed by atoms with van der Waals surface area (Å²) >= 11 is 0. The van der Waals surface area contributed by atoms with Crippen LogP contribution >= 0.6 is 0 Å². The smallest absolute Gasteiger partial charge is 0.322 e. The standard InChI is InChI=1S/C26H28N2O5S/c1-18(2)25(26(30)31)28-34(32,33)23-14-12-22(13-15-23)21-10-8-19(9-11-21)16-24(29)27-17-20-6-4-3-5-7-20/h3-15,18,25,28H,16-17H2,1-2H3,(H,27,29)(H,30,31)/t25-/m1/s1. The Morgan fingerprint density at radius 3 is 1.91 bits per heavy atom. The first-order valence-corrected chi connectivity index (χ1v) is 12.4. The van der Waals surface area contributed by atoms with Crippen molar-refractivity contribution < 1.29 is 23.1 Å². The molecule has 3 rings (SSSR count). The van der Waals surface area contributed by atoms with E-state index >= 15 is 0 Å². The summed E-state index contributed by atoms with van der Waals surface area (Å²) in [5.74, 6) is -1.69. The maximum atomic E-state index is 12.6. The molecule has 3 aromatic rings. The lowest BCUT2D eigenvalue weighted by atomic mass is 10.0. The number of hydrogen-bond acceptors (Lipinski definition) is 4. The van der Waals surface area contributed by atoms with Gasteiger partial charge in [0, 0.05) is 6.54 Å². The number of sulfonamides is 1. The van der Waals surface area contributed by atoms with Gasteiger partial charge in [0.15, 0.2) is 0 Å². The van der Waals surface area contributed by atoms with E-state index in [1.807, 2.05) is 54.6 Å². The van der Waals surface area contributed by atoms with Crippen molar-refractivity contribution >= 4 is 21.9 Å². The van der Waals surface area contributed by atoms with Gasteiger partial charge in [-0.2, -0.15) is 4.72 Å². The quantitative estimate of drug-likeness (QED) is 0.410. The molecule has 8 heteroatoms. The minimum atomic E-state index is -3.97. The van der Waals surface area contributed by atoms with Gasteiger partial charge in [-0.05, 0) is 40.3 Å². The van der Waals surface area contributed by atoms with Crippen LogP contribution in [-0.2, 0) is 32.6 Å². The third-order valence-electron chi connectivity index (χ3n) is 5.36. The van der Waals surface area contributed by atoms with Gasteiger partial charge >= 0.3 is 5.97 Å². The molecule has 1 atom stereocenters. The number of carboxylic acid groups (broad SMARTS) is 1. The second kappa shape index (κ2) is 11.1. The molecule has 0 saturated carbocycles. The minimum absolute atomic E-state index is 0.00476. The first kappa shape index (κ1) is 25.1. The highest BCUT2D eigenvalue weighted by Crippen LogP contribution is 2.22. The summed E-state index contributed by atoms with van der Waals surface area (Å²) in [4.78, 5) is 23.6. The Morgan fingerprint density at radius 1 is 0.824 bits per heavy atom. The largest absolute Gasteiger partial charge is 0.480 e. The molecule has 3 aromatic carbocycles. The maximum absolute atomic E-state index is 12.6. The van der Waals surface area contributed by atoms with E-state index in [9.17, 15) is 23.1 Å². The van der Waals surface area contributed by atoms with Crippen LogP contribution in [0.5, 0.6) is 0 Å². The van der Waals surface area contributed by atoms with Gasteiger partial charge in [0.05, 0.1) is 11.3 Å². The van der Waals surface area contributed by atoms with Crippen molar-refractivity contribution in [3.05, 3.63) is 90.0 Å². The highest BCUT2D eigenvalue weighted by molar-refractivity contribution is 7.89. The Labute approximate surface area is 199 Å². The number of aliphatic carboxylic acids is 1. The van der Waals surface area contributed by atoms with E-state index in [0.29, 0.717) is 6.54 Å². The maximum Gasteiger partial charge on any atom is 0.322 e. The topological polar surface area (TPSA) is 113 Å². The van der Waals surface area contributed by atoms with Crippen LogP contribution in [0.4, 0.5) is 0 Å². The average molecular weight is 481 g/mol. The Hall–Kier alpha value is -3.49. The van der Waals surface area contributed by atoms with Crippen molar-refractivity contribution in [1.29, 1.82) is 0 Å². The SMILES string of the molecule is CC(C)[C@@H](NS(=O)(=O)c1ccc(-c2ccc(CC(=O)NCc3ccccc3)cc2)cc1)C(=O)O. The summed E-state index contributed by atoms with van der Waals surface area (Å²) in [5.41, 5.74) is 3.58. The zero-order valence-corrected chi connectivity index (χ0v) is 19.9. The lowest BCUT2D eigenvalue weighted by Gasteiger charge is -2.18. The van der Waals surface area contributed by atoms with Gasteiger partial charge in [-0.25, -0.2) is 8.42 Å². The third-order valence-corrected chi connectivity index (χ3v) is 6.82. The summed E-state index contributed by atoms with van der Waals surface area (Å²) in [6, 6.07) is 22.2. The Kier molecular flexibility index (Phi) is 8.20. The second-order valence-electron chi connectivity index (χ2n) is 8.34. The lowest BCUT2D eigenvalue weighted by Crippen LogP contribution is -2.44. The fourth-order valence-corrected chi connectivity index (χ4v) is 4.73. The molecule has 0 radical (unpaired) electrons. The Morgan fingerprint density at radius 2 is 1.38 bits per heavy atom. The van der Waals surface area contributed by atoms with Crippen LogP contribution in [0.15, 0.2) is 83.8 Å². The molecule has 0 spiro atoms. The number of carbonyl (C=O) groups is 2. The molecule has 0 bridgehead atoms. The van der Waals surface area contributed by atoms with Gasteiger partial charge in [-0.15, -0.1) is 0 Å². The summed E-state index contributed by atoms with van der Waals surface area (Å²) in [6.07, 6.45) is 0.260. The minimum Gasteiger partial charge on any atom is -0.480 e. The van der Waals surface area contributed by atoms with Crippen molar-refractivity contribution in [2.75, 3.05) is 0 Å². The monoisotopic (exact) mass is 480 g/mol. The first-order valence-electron chi connectivity index (χ1n) is 10.9. The number of nitrogens with one attached hydrogen (secondary N) is 2. The molecule has 0 aliphatic rings. The molecular weight excluding hydrogens is 452 g/mol. The predicted molar refractivity (Wildman–Crippen MR) is 130 cm³/mol. The zero-order chi connectivity index (χ0) is 24.7. The molecular formula is C26H28N2O5S. The molecule has 0 saturated heterocycles. The number of carbonyl (C=O) groups excluding carboxylic acids is 1. The number of carboxylic acids is 1. The summed E-state index contributed by atoms with van der Waals surface area (Å²) in [5, 5.41) is 12.2. The van der Waals surface area contributed by atoms with Gasteiger partial charge < -0.3 is 10.4 Å². The van der Waals surface area contributed by atoms with Crippen LogP contribution in [-0.4, -0.2) is 31.4 Å². The zero-order valence-electron chi connectivity index (χ0n) is 19.1. The fourth-order valence-electron chi connectivity index (χ4n) is 3.39. The van der Waals surface area contributed by atoms with Gasteiger partial charge in [-0.3, -0.25) is 9.59 Å². The molecule has 1 amide bonds. The molecule has 0 aromatic heterocycles. The number of hydrogen-bond donors (Lipinski definition) is 3. The van der Waals surface area contributed by atoms with E-state index in [0.717, 1.165) is 22.3 Å². The van der Waals surface area contributed by atoms with Gasteiger partial charge in [0.25, 0.3) is 0 Å². The molecule has 0 aliphatic heterocycles. The average Bonchev–Trinajstić information content (AvgIpc) is 2.82. The molecule has 0 heterocycles. The lowest BCUT2D eigenvalue weighted by molar-refractivity contribution is -0.140. The molecule has 178 valence electrons. The van der Waals surface area contributed by atoms with Crippen molar-refractivity contribution in [2.45, 2.75) is 37.8 Å². The van der Waals surface area contributed by atoms with Gasteiger partial charge in [0.1, 0.15) is 6.04 Å². The van der Waals surface area contributed by atoms with Crippen LogP contribution in [0.2, 0.25) is 0 Å². The second-order valence-corrected chi connectivity index (χ2v) is 10.1. The van der Waals surface area contributed by atoms with E-state index in [2.05, 4.69) is 10.0 Å². The normalized spacial score (nSPS) is 12.3. The fraction of sp³-hybridized carbons (Fsp3) is 0.231. The van der Waals surface area contributed by atoms with E-state index in [1.54, 1.807) is 26.0 Å². The summed E-state index contributed by atoms with van der Waals surface area (Å²) < 4.78 is 27.4. The van der Waals surface area contributed by atoms with Crippen molar-refractivity contribution in [3.63, 3.8) is 0 Å². The van der Waals surface area contributed by atoms with E-state index in [1.165, 1.54) is 12.1 Å². The van der Waals surface area contributed by atoms with Gasteiger partial charge in [0.2, 0.25) is 15.9 Å². The van der Waals surface area contributed by atoms with Crippen LogP contribution in [0.1, 0.15) is 25.0 Å². The van der Waals surface area contributed by atoms with Crippen molar-refractivity contribution in [2.24, 2.45) is 5.92 Å². The van der Waals surface area contributed by atoms with Gasteiger partial charge in [-0.1, -0.05) is 80.6 Å². The Balaban J connectivity index is 1.62. The number of benzene rings is 3. The number of rotatable bonds is 10. The van der Waals surface area contributed by atoms with Crippen molar-refractivity contribution in [1.82, 2.24) is 10.0 Å². The van der Waals surface area contributed by atoms with Crippen LogP contribution in [0, 0.1) is 5.92 Å². The molecule has 0 aliphatic carbocycles. The first-order chi connectivity index (χ1) is 16.2. The van der Waals surface area contributed by atoms with Crippen LogP contribution in [0.25, 0.3) is 11.1 Å². The van der Waals surface area contributed by atoms with Crippen LogP contribution in [0.3, 0.4) is 0 Å². The van der Waals surface area contributed by atoms with E-state index < -0.39 is 28.0 Å². The van der Waals surface area contributed by atoms with E-state index in [-0.39, 0.29) is 17.2 Å². The predicted octanol–water partition coefficient (Wildman–Crippen LogP) is 3.60.